The van der Waals surface area contributed by atoms with E-state index in [1.807, 2.05) is 61.5 Å². The summed E-state index contributed by atoms with van der Waals surface area (Å²) in [5.41, 5.74) is 11.4. The molecule has 27 heavy (non-hydrogen) atoms. The van der Waals surface area contributed by atoms with E-state index in [0.29, 0.717) is 16.7 Å². The first-order chi connectivity index (χ1) is 13.1. The second kappa shape index (κ2) is 7.17. The number of rotatable bonds is 3. The van der Waals surface area contributed by atoms with Crippen molar-refractivity contribution in [3.8, 4) is 33.8 Å². The van der Waals surface area contributed by atoms with Crippen LogP contribution in [0.25, 0.3) is 33.8 Å². The third-order valence-corrected chi connectivity index (χ3v) is 4.49. The van der Waals surface area contributed by atoms with Gasteiger partial charge in [-0.25, -0.2) is 15.0 Å². The van der Waals surface area contributed by atoms with Crippen LogP contribution in [-0.2, 0) is 0 Å². The van der Waals surface area contributed by atoms with Crippen LogP contribution in [0.15, 0.2) is 72.9 Å². The number of nitrogens with zero attached hydrogens (tertiary/aromatic N) is 3. The van der Waals surface area contributed by atoms with Gasteiger partial charge in [0.2, 0.25) is 0 Å². The molecule has 0 atom stereocenters. The van der Waals surface area contributed by atoms with Crippen molar-refractivity contribution in [2.75, 3.05) is 5.73 Å². The van der Waals surface area contributed by atoms with Crippen LogP contribution in [0, 0.1) is 6.92 Å². The van der Waals surface area contributed by atoms with Crippen molar-refractivity contribution in [2.45, 2.75) is 6.92 Å². The standard InChI is InChI=1S/C22H17ClN4/c1-14-11-20(15-5-8-19(23)9-6-15)27-22(26-14)17-4-2-3-16(12-17)18-7-10-21(24)25-13-18/h2-13H,1H3,(H2,24,25). The van der Waals surface area contributed by atoms with E-state index in [0.717, 1.165) is 33.6 Å². The van der Waals surface area contributed by atoms with Gasteiger partial charge in [-0.1, -0.05) is 41.9 Å². The number of benzene rings is 2. The molecule has 0 fully saturated rings. The minimum Gasteiger partial charge on any atom is -0.384 e. The maximum Gasteiger partial charge on any atom is 0.160 e. The molecular formula is C22H17ClN4. The Kier molecular flexibility index (Phi) is 4.57. The molecule has 0 amide bonds. The molecule has 0 saturated carbocycles. The molecule has 5 heteroatoms. The Bertz CT molecular complexity index is 1090. The normalized spacial score (nSPS) is 10.7. The molecule has 0 spiro atoms. The van der Waals surface area contributed by atoms with Gasteiger partial charge in [0.05, 0.1) is 5.69 Å². The second-order valence-electron chi connectivity index (χ2n) is 6.28. The largest absolute Gasteiger partial charge is 0.384 e. The third-order valence-electron chi connectivity index (χ3n) is 4.23. The summed E-state index contributed by atoms with van der Waals surface area (Å²) in [6.07, 6.45) is 1.77. The van der Waals surface area contributed by atoms with Crippen LogP contribution in [0.2, 0.25) is 5.02 Å². The molecule has 4 nitrogen and oxygen atoms in total. The lowest BCUT2D eigenvalue weighted by Crippen LogP contribution is -1.95. The smallest absolute Gasteiger partial charge is 0.160 e. The van der Waals surface area contributed by atoms with Gasteiger partial charge in [0, 0.05) is 33.6 Å². The number of anilines is 1. The van der Waals surface area contributed by atoms with Crippen molar-refractivity contribution in [3.63, 3.8) is 0 Å². The molecule has 0 unspecified atom stereocenters. The third kappa shape index (κ3) is 3.81. The fourth-order valence-corrected chi connectivity index (χ4v) is 3.01. The Hall–Kier alpha value is -3.24. The van der Waals surface area contributed by atoms with Gasteiger partial charge in [-0.15, -0.1) is 0 Å². The van der Waals surface area contributed by atoms with Crippen LogP contribution in [-0.4, -0.2) is 15.0 Å². The number of aryl methyl sites for hydroxylation is 1. The van der Waals surface area contributed by atoms with Gasteiger partial charge < -0.3 is 5.73 Å². The molecule has 4 aromatic rings. The zero-order valence-electron chi connectivity index (χ0n) is 14.7. The minimum atomic E-state index is 0.504. The van der Waals surface area contributed by atoms with Crippen molar-refractivity contribution in [1.29, 1.82) is 0 Å². The van der Waals surface area contributed by atoms with Crippen molar-refractivity contribution < 1.29 is 0 Å². The first-order valence-electron chi connectivity index (χ1n) is 8.52. The highest BCUT2D eigenvalue weighted by Crippen LogP contribution is 2.27. The second-order valence-corrected chi connectivity index (χ2v) is 6.71. The van der Waals surface area contributed by atoms with E-state index >= 15 is 0 Å². The predicted molar refractivity (Wildman–Crippen MR) is 110 cm³/mol. The van der Waals surface area contributed by atoms with E-state index in [-0.39, 0.29) is 0 Å². The maximum atomic E-state index is 6.00. The fourth-order valence-electron chi connectivity index (χ4n) is 2.88. The zero-order valence-corrected chi connectivity index (χ0v) is 15.5. The number of nitrogen functional groups attached to an aromatic ring is 1. The Morgan fingerprint density at radius 2 is 1.52 bits per heavy atom. The van der Waals surface area contributed by atoms with Crippen LogP contribution in [0.3, 0.4) is 0 Å². The quantitative estimate of drug-likeness (QED) is 0.521. The summed E-state index contributed by atoms with van der Waals surface area (Å²) in [5, 5.41) is 0.703. The molecule has 2 aromatic carbocycles. The van der Waals surface area contributed by atoms with E-state index in [1.165, 1.54) is 0 Å². The Morgan fingerprint density at radius 3 is 2.26 bits per heavy atom. The first-order valence-corrected chi connectivity index (χ1v) is 8.90. The SMILES string of the molecule is Cc1cc(-c2ccc(Cl)cc2)nc(-c2cccc(-c3ccc(N)nc3)c2)n1. The molecule has 2 aromatic heterocycles. The Morgan fingerprint density at radius 1 is 0.778 bits per heavy atom. The van der Waals surface area contributed by atoms with Gasteiger partial charge in [-0.2, -0.15) is 0 Å². The first kappa shape index (κ1) is 17.2. The van der Waals surface area contributed by atoms with Gasteiger partial charge in [-0.3, -0.25) is 0 Å². The summed E-state index contributed by atoms with van der Waals surface area (Å²) in [6.45, 7) is 1.97. The van der Waals surface area contributed by atoms with Crippen LogP contribution in [0.4, 0.5) is 5.82 Å². The highest BCUT2D eigenvalue weighted by molar-refractivity contribution is 6.30. The lowest BCUT2D eigenvalue weighted by Gasteiger charge is -2.08. The molecule has 0 aliphatic heterocycles. The van der Waals surface area contributed by atoms with Crippen LogP contribution < -0.4 is 5.73 Å². The summed E-state index contributed by atoms with van der Waals surface area (Å²) in [4.78, 5) is 13.6. The van der Waals surface area contributed by atoms with E-state index < -0.39 is 0 Å². The molecule has 4 rings (SSSR count). The van der Waals surface area contributed by atoms with Crippen molar-refractivity contribution in [3.05, 3.63) is 83.6 Å². The number of pyridine rings is 1. The highest BCUT2D eigenvalue weighted by Gasteiger charge is 2.09. The molecule has 2 N–H and O–H groups in total. The van der Waals surface area contributed by atoms with Crippen molar-refractivity contribution >= 4 is 17.4 Å². The summed E-state index contributed by atoms with van der Waals surface area (Å²) >= 11 is 6.00. The molecular weight excluding hydrogens is 356 g/mol. The van der Waals surface area contributed by atoms with Crippen molar-refractivity contribution in [1.82, 2.24) is 15.0 Å². The van der Waals surface area contributed by atoms with Gasteiger partial charge >= 0.3 is 0 Å². The summed E-state index contributed by atoms with van der Waals surface area (Å²) in [6, 6.07) is 21.5. The molecule has 0 aliphatic carbocycles. The zero-order chi connectivity index (χ0) is 18.8. The number of halogens is 1. The van der Waals surface area contributed by atoms with Crippen LogP contribution in [0.1, 0.15) is 5.69 Å². The topological polar surface area (TPSA) is 64.7 Å². The summed E-state index contributed by atoms with van der Waals surface area (Å²) < 4.78 is 0. The average molecular weight is 373 g/mol. The average Bonchev–Trinajstić information content (AvgIpc) is 2.69. The van der Waals surface area contributed by atoms with Crippen LogP contribution in [0.5, 0.6) is 0 Å². The van der Waals surface area contributed by atoms with Gasteiger partial charge in [0.1, 0.15) is 5.82 Å². The van der Waals surface area contributed by atoms with E-state index in [1.54, 1.807) is 12.3 Å². The lowest BCUT2D eigenvalue weighted by atomic mass is 10.0. The molecule has 132 valence electrons. The maximum absolute atomic E-state index is 6.00. The molecule has 0 aliphatic rings. The number of aromatic nitrogens is 3. The van der Waals surface area contributed by atoms with Crippen LogP contribution >= 0.6 is 11.6 Å². The number of nitrogens with two attached hydrogens (primary N) is 1. The van der Waals surface area contributed by atoms with E-state index in [4.69, 9.17) is 22.3 Å². The lowest BCUT2D eigenvalue weighted by molar-refractivity contribution is 1.11. The fraction of sp³-hybridized carbons (Fsp3) is 0.0455. The van der Waals surface area contributed by atoms with Crippen molar-refractivity contribution in [2.24, 2.45) is 0 Å². The number of hydrogen-bond acceptors (Lipinski definition) is 4. The molecule has 0 saturated heterocycles. The molecule has 2 heterocycles. The minimum absolute atomic E-state index is 0.504. The highest BCUT2D eigenvalue weighted by atomic mass is 35.5. The van der Waals surface area contributed by atoms with E-state index in [9.17, 15) is 0 Å². The van der Waals surface area contributed by atoms with E-state index in [2.05, 4.69) is 16.0 Å². The summed E-state index contributed by atoms with van der Waals surface area (Å²) in [7, 11) is 0. The number of hydrogen-bond donors (Lipinski definition) is 1. The monoisotopic (exact) mass is 372 g/mol. The molecule has 0 bridgehead atoms. The summed E-state index contributed by atoms with van der Waals surface area (Å²) in [5.74, 6) is 1.19. The predicted octanol–water partition coefficient (Wildman–Crippen LogP) is 5.42. The van der Waals surface area contributed by atoms with Gasteiger partial charge in [0.25, 0.3) is 0 Å². The van der Waals surface area contributed by atoms with Gasteiger partial charge in [0.15, 0.2) is 5.82 Å². The van der Waals surface area contributed by atoms with Gasteiger partial charge in [-0.05, 0) is 48.9 Å². The molecule has 0 radical (unpaired) electrons. The Labute approximate surface area is 162 Å². The Balaban J connectivity index is 1.76.